The Morgan fingerprint density at radius 3 is 2.44 bits per heavy atom. The number of likely N-dealkylation sites (tertiary alicyclic amines) is 1. The van der Waals surface area contributed by atoms with Crippen molar-refractivity contribution in [1.82, 2.24) is 4.90 Å². The van der Waals surface area contributed by atoms with E-state index < -0.39 is 6.18 Å². The van der Waals surface area contributed by atoms with Crippen LogP contribution in [-0.4, -0.2) is 37.0 Å². The van der Waals surface area contributed by atoms with Gasteiger partial charge in [0.1, 0.15) is 5.75 Å². The molecule has 0 bridgehead atoms. The standard InChI is InChI=1S/C21H24F3NOS/c1-26-17-5-2-15(3-6-17)13-25-10-8-20(9-11-25)14-27-19-12-16(21(22,23)24)4-7-18(19)20/h2-3,5-6,12H,4,7-11,13-14H2,1H3. The molecule has 1 saturated heterocycles. The van der Waals surface area contributed by atoms with Crippen molar-refractivity contribution in [3.05, 3.63) is 52.0 Å². The lowest BCUT2D eigenvalue weighted by atomic mass is 9.71. The molecule has 1 spiro atoms. The summed E-state index contributed by atoms with van der Waals surface area (Å²) in [5.41, 5.74) is 2.32. The van der Waals surface area contributed by atoms with Crippen LogP contribution in [0.3, 0.4) is 0 Å². The predicted molar refractivity (Wildman–Crippen MR) is 103 cm³/mol. The van der Waals surface area contributed by atoms with Crippen LogP contribution in [-0.2, 0) is 6.54 Å². The third-order valence-corrected chi connectivity index (χ3v) is 7.51. The van der Waals surface area contributed by atoms with E-state index in [0.29, 0.717) is 6.42 Å². The molecule has 4 rings (SSSR count). The Kier molecular flexibility index (Phi) is 5.06. The monoisotopic (exact) mass is 395 g/mol. The first-order valence-corrected chi connectivity index (χ1v) is 10.4. The molecule has 0 saturated carbocycles. The molecule has 0 N–H and O–H groups in total. The molecule has 0 atom stereocenters. The quantitative estimate of drug-likeness (QED) is 0.665. The fraction of sp³-hybridized carbons (Fsp3) is 0.524. The number of alkyl halides is 3. The summed E-state index contributed by atoms with van der Waals surface area (Å²) in [6.07, 6.45) is 0.0409. The fourth-order valence-electron chi connectivity index (χ4n) is 4.46. The van der Waals surface area contributed by atoms with Crippen molar-refractivity contribution >= 4 is 11.8 Å². The van der Waals surface area contributed by atoms with Crippen LogP contribution < -0.4 is 4.74 Å². The Morgan fingerprint density at radius 2 is 1.81 bits per heavy atom. The van der Waals surface area contributed by atoms with Gasteiger partial charge < -0.3 is 4.74 Å². The van der Waals surface area contributed by atoms with E-state index in [1.807, 2.05) is 12.1 Å². The molecule has 2 nitrogen and oxygen atoms in total. The van der Waals surface area contributed by atoms with E-state index in [0.717, 1.165) is 48.9 Å². The van der Waals surface area contributed by atoms with Gasteiger partial charge in [-0.15, -0.1) is 11.8 Å². The third-order valence-electron chi connectivity index (χ3n) is 6.13. The highest BCUT2D eigenvalue weighted by Crippen LogP contribution is 2.56. The minimum atomic E-state index is -4.18. The highest BCUT2D eigenvalue weighted by molar-refractivity contribution is 8.03. The van der Waals surface area contributed by atoms with Gasteiger partial charge in [-0.2, -0.15) is 13.2 Å². The van der Waals surface area contributed by atoms with Gasteiger partial charge in [-0.3, -0.25) is 4.90 Å². The van der Waals surface area contributed by atoms with E-state index in [1.54, 1.807) is 18.9 Å². The molecule has 1 aromatic carbocycles. The van der Waals surface area contributed by atoms with Crippen LogP contribution in [0.15, 0.2) is 46.4 Å². The highest BCUT2D eigenvalue weighted by atomic mass is 32.2. The maximum absolute atomic E-state index is 13.0. The molecule has 0 amide bonds. The smallest absolute Gasteiger partial charge is 0.412 e. The predicted octanol–water partition coefficient (Wildman–Crippen LogP) is 5.56. The Morgan fingerprint density at radius 1 is 1.11 bits per heavy atom. The van der Waals surface area contributed by atoms with Crippen LogP contribution in [0, 0.1) is 5.41 Å². The SMILES string of the molecule is COc1ccc(CN2CCC3(CC2)CSC2=C3CCC(C(F)(F)F)=C2)cc1. The number of nitrogens with zero attached hydrogens (tertiary/aromatic N) is 1. The molecule has 2 heterocycles. The van der Waals surface area contributed by atoms with Gasteiger partial charge in [0.05, 0.1) is 7.11 Å². The Labute approximate surface area is 162 Å². The first-order chi connectivity index (χ1) is 12.9. The second-order valence-electron chi connectivity index (χ2n) is 7.70. The maximum atomic E-state index is 13.0. The minimum absolute atomic E-state index is 0.115. The molecule has 6 heteroatoms. The number of halogens is 3. The first kappa shape index (κ1) is 18.9. The van der Waals surface area contributed by atoms with Crippen LogP contribution in [0.25, 0.3) is 0 Å². The fourth-order valence-corrected chi connectivity index (χ4v) is 6.07. The van der Waals surface area contributed by atoms with Gasteiger partial charge in [-0.05, 0) is 68.1 Å². The molecule has 146 valence electrons. The number of hydrogen-bond donors (Lipinski definition) is 0. The maximum Gasteiger partial charge on any atom is 0.412 e. The van der Waals surface area contributed by atoms with Crippen molar-refractivity contribution in [1.29, 1.82) is 0 Å². The average molecular weight is 395 g/mol. The van der Waals surface area contributed by atoms with E-state index in [9.17, 15) is 13.2 Å². The van der Waals surface area contributed by atoms with Crippen molar-refractivity contribution in [3.63, 3.8) is 0 Å². The van der Waals surface area contributed by atoms with Crippen molar-refractivity contribution < 1.29 is 17.9 Å². The van der Waals surface area contributed by atoms with Gasteiger partial charge >= 0.3 is 6.18 Å². The molecule has 2 aliphatic heterocycles. The van der Waals surface area contributed by atoms with E-state index in [2.05, 4.69) is 17.0 Å². The molecular weight excluding hydrogens is 371 g/mol. The molecule has 3 aliphatic rings. The van der Waals surface area contributed by atoms with E-state index in [-0.39, 0.29) is 17.4 Å². The lowest BCUT2D eigenvalue weighted by Gasteiger charge is -2.41. The summed E-state index contributed by atoms with van der Waals surface area (Å²) < 4.78 is 44.3. The van der Waals surface area contributed by atoms with Gasteiger partial charge in [0.15, 0.2) is 0 Å². The summed E-state index contributed by atoms with van der Waals surface area (Å²) in [6, 6.07) is 8.16. The van der Waals surface area contributed by atoms with Gasteiger partial charge in [-0.25, -0.2) is 0 Å². The minimum Gasteiger partial charge on any atom is -0.497 e. The van der Waals surface area contributed by atoms with E-state index >= 15 is 0 Å². The lowest BCUT2D eigenvalue weighted by Crippen LogP contribution is -2.41. The molecular formula is C21H24F3NOS. The highest BCUT2D eigenvalue weighted by Gasteiger charge is 2.46. The second-order valence-corrected chi connectivity index (χ2v) is 8.72. The molecule has 1 aliphatic carbocycles. The van der Waals surface area contributed by atoms with Gasteiger partial charge in [0, 0.05) is 28.2 Å². The third kappa shape index (κ3) is 3.79. The molecule has 0 radical (unpaired) electrons. The van der Waals surface area contributed by atoms with Crippen LogP contribution in [0.2, 0.25) is 0 Å². The number of methoxy groups -OCH3 is 1. The van der Waals surface area contributed by atoms with Crippen molar-refractivity contribution in [2.75, 3.05) is 26.0 Å². The van der Waals surface area contributed by atoms with Crippen molar-refractivity contribution in [2.24, 2.45) is 5.41 Å². The van der Waals surface area contributed by atoms with Crippen LogP contribution >= 0.6 is 11.8 Å². The topological polar surface area (TPSA) is 12.5 Å². The zero-order chi connectivity index (χ0) is 19.1. The summed E-state index contributed by atoms with van der Waals surface area (Å²) in [4.78, 5) is 3.35. The van der Waals surface area contributed by atoms with Crippen LogP contribution in [0.1, 0.15) is 31.2 Å². The molecule has 0 aromatic heterocycles. The van der Waals surface area contributed by atoms with Gasteiger partial charge in [0.25, 0.3) is 0 Å². The zero-order valence-electron chi connectivity index (χ0n) is 15.4. The molecule has 1 fully saturated rings. The van der Waals surface area contributed by atoms with Gasteiger partial charge in [-0.1, -0.05) is 12.1 Å². The largest absolute Gasteiger partial charge is 0.497 e. The Hall–Kier alpha value is -1.40. The van der Waals surface area contributed by atoms with Crippen LogP contribution in [0.4, 0.5) is 13.2 Å². The number of piperidine rings is 1. The zero-order valence-corrected chi connectivity index (χ0v) is 16.3. The summed E-state index contributed by atoms with van der Waals surface area (Å²) in [5, 5.41) is 0. The van der Waals surface area contributed by atoms with Gasteiger partial charge in [0.2, 0.25) is 0 Å². The summed E-state index contributed by atoms with van der Waals surface area (Å²) in [7, 11) is 1.67. The average Bonchev–Trinajstić information content (AvgIpc) is 3.01. The number of thioether (sulfide) groups is 1. The normalized spacial score (nSPS) is 22.7. The number of hydrogen-bond acceptors (Lipinski definition) is 3. The van der Waals surface area contributed by atoms with Crippen molar-refractivity contribution in [2.45, 2.75) is 38.4 Å². The number of ether oxygens (including phenoxy) is 1. The second kappa shape index (κ2) is 7.21. The number of allylic oxidation sites excluding steroid dienone is 3. The van der Waals surface area contributed by atoms with E-state index in [4.69, 9.17) is 4.74 Å². The molecule has 1 aromatic rings. The van der Waals surface area contributed by atoms with Crippen molar-refractivity contribution in [3.8, 4) is 5.75 Å². The number of rotatable bonds is 3. The Balaban J connectivity index is 1.41. The molecule has 0 unspecified atom stereocenters. The number of benzene rings is 1. The molecule has 27 heavy (non-hydrogen) atoms. The summed E-state index contributed by atoms with van der Waals surface area (Å²) in [6.45, 7) is 2.91. The summed E-state index contributed by atoms with van der Waals surface area (Å²) >= 11 is 1.63. The van der Waals surface area contributed by atoms with Crippen LogP contribution in [0.5, 0.6) is 5.75 Å². The van der Waals surface area contributed by atoms with E-state index in [1.165, 1.54) is 17.2 Å². The lowest BCUT2D eigenvalue weighted by molar-refractivity contribution is -0.0942. The number of fused-ring (bicyclic) bond motifs is 1. The first-order valence-electron chi connectivity index (χ1n) is 9.39. The Bertz CT molecular complexity index is 759. The summed E-state index contributed by atoms with van der Waals surface area (Å²) in [5.74, 6) is 1.80.